The van der Waals surface area contributed by atoms with E-state index in [2.05, 4.69) is 4.84 Å². The van der Waals surface area contributed by atoms with Gasteiger partial charge >= 0.3 is 0 Å². The Balaban J connectivity index is 2.72. The number of rotatable bonds is 4. The largest absolute Gasteiger partial charge is 0.391 e. The molecule has 0 fully saturated rings. The second-order valence-electron chi connectivity index (χ2n) is 3.38. The minimum atomic E-state index is -1.69. The predicted molar refractivity (Wildman–Crippen MR) is 52.2 cm³/mol. The van der Waals surface area contributed by atoms with E-state index in [-0.39, 0.29) is 6.42 Å². The number of aliphatic hydroxyl groups is 2. The van der Waals surface area contributed by atoms with Gasteiger partial charge in [-0.15, -0.1) is 0 Å². The molecule has 1 rings (SSSR count). The van der Waals surface area contributed by atoms with Crippen molar-refractivity contribution in [1.29, 1.82) is 0 Å². The first-order valence-corrected chi connectivity index (χ1v) is 4.36. The van der Waals surface area contributed by atoms with Gasteiger partial charge < -0.3 is 10.2 Å². The van der Waals surface area contributed by atoms with E-state index in [9.17, 15) is 5.11 Å². The molecule has 1 unspecified atom stereocenters. The van der Waals surface area contributed by atoms with Gasteiger partial charge in [0.05, 0.1) is 6.61 Å². The van der Waals surface area contributed by atoms with Crippen molar-refractivity contribution in [3.8, 4) is 0 Å². The lowest BCUT2D eigenvalue weighted by atomic mass is 10.0. The van der Waals surface area contributed by atoms with Crippen LogP contribution in [0.2, 0.25) is 0 Å². The molecule has 0 aliphatic rings. The van der Waals surface area contributed by atoms with Gasteiger partial charge in [0.25, 0.3) is 0 Å². The maximum absolute atomic E-state index is 9.55. The summed E-state index contributed by atoms with van der Waals surface area (Å²) in [4.78, 5) is 4.33. The van der Waals surface area contributed by atoms with Gasteiger partial charge in [-0.2, -0.15) is 0 Å². The summed E-state index contributed by atoms with van der Waals surface area (Å²) in [5, 5.41) is 18.4. The molecule has 0 bridgehead atoms. The lowest BCUT2D eigenvalue weighted by Gasteiger charge is -2.22. The summed E-state index contributed by atoms with van der Waals surface area (Å²) in [5.41, 5.74) is 1.99. The molecule has 1 aromatic rings. The number of benzene rings is 1. The number of hydrogen-bond acceptors (Lipinski definition) is 4. The maximum Gasteiger partial charge on any atom is 0.212 e. The Morgan fingerprint density at radius 3 is 2.36 bits per heavy atom. The van der Waals surface area contributed by atoms with Gasteiger partial charge in [0.2, 0.25) is 5.79 Å². The van der Waals surface area contributed by atoms with Crippen LogP contribution in [0.15, 0.2) is 24.3 Å². The van der Waals surface area contributed by atoms with E-state index < -0.39 is 12.4 Å². The topological polar surface area (TPSA) is 75.7 Å². The lowest BCUT2D eigenvalue weighted by molar-refractivity contribution is -0.226. The van der Waals surface area contributed by atoms with Crippen molar-refractivity contribution in [1.82, 2.24) is 0 Å². The fraction of sp³-hybridized carbons (Fsp3) is 0.400. The van der Waals surface area contributed by atoms with Gasteiger partial charge in [0.15, 0.2) is 0 Å². The first-order chi connectivity index (χ1) is 6.59. The highest BCUT2D eigenvalue weighted by molar-refractivity contribution is 5.22. The lowest BCUT2D eigenvalue weighted by Crippen LogP contribution is -2.41. The predicted octanol–water partition coefficient (Wildman–Crippen LogP) is 0.109. The summed E-state index contributed by atoms with van der Waals surface area (Å²) in [6, 6.07) is 7.55. The molecular weight excluding hydrogens is 182 g/mol. The molecule has 0 spiro atoms. The summed E-state index contributed by atoms with van der Waals surface area (Å²) in [7, 11) is 0. The van der Waals surface area contributed by atoms with Gasteiger partial charge in [0.1, 0.15) is 0 Å². The monoisotopic (exact) mass is 197 g/mol. The van der Waals surface area contributed by atoms with Crippen molar-refractivity contribution < 1.29 is 15.1 Å². The summed E-state index contributed by atoms with van der Waals surface area (Å²) in [6.07, 6.45) is 0.167. The minimum Gasteiger partial charge on any atom is -0.391 e. The van der Waals surface area contributed by atoms with Crippen LogP contribution in [0.4, 0.5) is 0 Å². The quantitative estimate of drug-likeness (QED) is 0.473. The molecule has 0 aliphatic heterocycles. The van der Waals surface area contributed by atoms with Crippen molar-refractivity contribution >= 4 is 0 Å². The van der Waals surface area contributed by atoms with E-state index in [1.807, 2.05) is 31.2 Å². The summed E-state index contributed by atoms with van der Waals surface area (Å²) in [5.74, 6) is 3.20. The van der Waals surface area contributed by atoms with Crippen molar-refractivity contribution in [2.75, 3.05) is 6.61 Å². The third-order valence-electron chi connectivity index (χ3n) is 2.07. The summed E-state index contributed by atoms with van der Waals surface area (Å²) in [6.45, 7) is 1.44. The highest BCUT2D eigenvalue weighted by Gasteiger charge is 2.26. The van der Waals surface area contributed by atoms with Crippen molar-refractivity contribution in [3.05, 3.63) is 35.4 Å². The third-order valence-corrected chi connectivity index (χ3v) is 2.07. The third kappa shape index (κ3) is 2.78. The smallest absolute Gasteiger partial charge is 0.212 e. The molecule has 0 radical (unpaired) electrons. The molecule has 0 saturated heterocycles. The molecule has 1 aromatic carbocycles. The number of aliphatic hydroxyl groups excluding tert-OH is 1. The molecule has 1 atom stereocenters. The van der Waals surface area contributed by atoms with Crippen molar-refractivity contribution in [2.24, 2.45) is 5.90 Å². The van der Waals surface area contributed by atoms with Gasteiger partial charge in [-0.1, -0.05) is 29.8 Å². The van der Waals surface area contributed by atoms with Crippen LogP contribution in [0.1, 0.15) is 11.1 Å². The molecule has 0 aliphatic carbocycles. The van der Waals surface area contributed by atoms with Gasteiger partial charge in [-0.25, -0.2) is 5.90 Å². The highest BCUT2D eigenvalue weighted by atomic mass is 16.7. The Morgan fingerprint density at radius 2 is 1.93 bits per heavy atom. The van der Waals surface area contributed by atoms with Crippen LogP contribution in [0.25, 0.3) is 0 Å². The molecule has 14 heavy (non-hydrogen) atoms. The first-order valence-electron chi connectivity index (χ1n) is 4.36. The second-order valence-corrected chi connectivity index (χ2v) is 3.38. The fourth-order valence-corrected chi connectivity index (χ4v) is 1.16. The van der Waals surface area contributed by atoms with E-state index in [0.29, 0.717) is 0 Å². The van der Waals surface area contributed by atoms with Gasteiger partial charge in [-0.05, 0) is 12.5 Å². The molecule has 0 heterocycles. The maximum atomic E-state index is 9.55. The van der Waals surface area contributed by atoms with Crippen LogP contribution in [0.3, 0.4) is 0 Å². The average molecular weight is 197 g/mol. The Bertz CT molecular complexity index is 280. The zero-order chi connectivity index (χ0) is 10.6. The van der Waals surface area contributed by atoms with E-state index in [4.69, 9.17) is 11.0 Å². The SMILES string of the molecule is Cc1ccc(CC(O)(CO)ON)cc1. The Kier molecular flexibility index (Phi) is 3.60. The van der Waals surface area contributed by atoms with Crippen LogP contribution >= 0.6 is 0 Å². The zero-order valence-corrected chi connectivity index (χ0v) is 8.10. The van der Waals surface area contributed by atoms with E-state index in [1.165, 1.54) is 0 Å². The van der Waals surface area contributed by atoms with E-state index in [1.54, 1.807) is 0 Å². The average Bonchev–Trinajstić information content (AvgIpc) is 2.21. The van der Waals surface area contributed by atoms with Crippen LogP contribution in [-0.2, 0) is 11.3 Å². The molecule has 0 saturated carbocycles. The Hall–Kier alpha value is -0.940. The molecule has 78 valence electrons. The zero-order valence-electron chi connectivity index (χ0n) is 8.10. The summed E-state index contributed by atoms with van der Waals surface area (Å²) >= 11 is 0. The van der Waals surface area contributed by atoms with Gasteiger partial charge in [0, 0.05) is 6.42 Å². The molecule has 0 aromatic heterocycles. The van der Waals surface area contributed by atoms with Crippen molar-refractivity contribution in [2.45, 2.75) is 19.1 Å². The van der Waals surface area contributed by atoms with Crippen LogP contribution < -0.4 is 5.90 Å². The molecule has 4 N–H and O–H groups in total. The van der Waals surface area contributed by atoms with E-state index >= 15 is 0 Å². The second kappa shape index (κ2) is 4.52. The standard InChI is InChI=1S/C10H15NO3/c1-8-2-4-9(5-3-8)6-10(13,7-12)14-11/h2-5,12-13H,6-7,11H2,1H3. The molecule has 4 nitrogen and oxygen atoms in total. The number of aryl methyl sites for hydroxylation is 1. The Morgan fingerprint density at radius 1 is 1.36 bits per heavy atom. The fourth-order valence-electron chi connectivity index (χ4n) is 1.16. The van der Waals surface area contributed by atoms with Crippen molar-refractivity contribution in [3.63, 3.8) is 0 Å². The van der Waals surface area contributed by atoms with E-state index in [0.717, 1.165) is 11.1 Å². The van der Waals surface area contributed by atoms with Crippen LogP contribution in [0.5, 0.6) is 0 Å². The molecule has 0 amide bonds. The summed E-state index contributed by atoms with van der Waals surface area (Å²) < 4.78 is 0. The number of hydrogen-bond donors (Lipinski definition) is 3. The van der Waals surface area contributed by atoms with Crippen LogP contribution in [0, 0.1) is 6.92 Å². The van der Waals surface area contributed by atoms with Crippen LogP contribution in [-0.4, -0.2) is 22.6 Å². The molecule has 4 heteroatoms. The number of nitrogens with two attached hydrogens (primary N) is 1. The molecular formula is C10H15NO3. The normalized spacial score (nSPS) is 15.1. The Labute approximate surface area is 82.9 Å². The highest BCUT2D eigenvalue weighted by Crippen LogP contribution is 2.13. The minimum absolute atomic E-state index is 0.167. The van der Waals surface area contributed by atoms with Gasteiger partial charge in [-0.3, -0.25) is 4.84 Å². The first kappa shape index (κ1) is 11.1.